The molecule has 1 aliphatic rings. The van der Waals surface area contributed by atoms with E-state index < -0.39 is 24.2 Å². The molecule has 1 aromatic carbocycles. The molecule has 2 N–H and O–H groups in total. The van der Waals surface area contributed by atoms with E-state index >= 15 is 0 Å². The van der Waals surface area contributed by atoms with Gasteiger partial charge in [-0.1, -0.05) is 17.7 Å². The summed E-state index contributed by atoms with van der Waals surface area (Å²) in [5.74, 6) is -2.56. The number of aliphatic carboxylic acids is 1. The summed E-state index contributed by atoms with van der Waals surface area (Å²) in [4.78, 5) is 21.9. The molecule has 1 amide bonds. The first-order valence-corrected chi connectivity index (χ1v) is 5.82. The average Bonchev–Trinajstić information content (AvgIpc) is 3.06. The summed E-state index contributed by atoms with van der Waals surface area (Å²) in [5.41, 5.74) is 0.342. The molecule has 96 valence electrons. The Morgan fingerprint density at radius 2 is 2.22 bits per heavy atom. The Morgan fingerprint density at radius 3 is 2.83 bits per heavy atom. The van der Waals surface area contributed by atoms with Crippen LogP contribution in [0.1, 0.15) is 17.9 Å². The van der Waals surface area contributed by atoms with Crippen molar-refractivity contribution >= 4 is 23.5 Å². The smallest absolute Gasteiger partial charge is 0.322 e. The van der Waals surface area contributed by atoms with Crippen LogP contribution in [0.3, 0.4) is 0 Å². The molecule has 0 bridgehead atoms. The number of amides is 1. The van der Waals surface area contributed by atoms with Crippen LogP contribution in [0.15, 0.2) is 18.2 Å². The number of carboxylic acids is 1. The molecule has 2 unspecified atom stereocenters. The maximum atomic E-state index is 13.6. The number of carboxylic acid groups (broad SMARTS) is 1. The highest BCUT2D eigenvalue weighted by atomic mass is 35.5. The summed E-state index contributed by atoms with van der Waals surface area (Å²) in [7, 11) is 0. The second-order valence-corrected chi connectivity index (χ2v) is 4.60. The number of hydrogen-bond donors (Lipinski definition) is 2. The van der Waals surface area contributed by atoms with Gasteiger partial charge in [0, 0.05) is 22.4 Å². The van der Waals surface area contributed by atoms with Crippen molar-refractivity contribution in [2.75, 3.05) is 6.54 Å². The lowest BCUT2D eigenvalue weighted by atomic mass is 10.1. The topological polar surface area (TPSA) is 66.4 Å². The Kier molecular flexibility index (Phi) is 3.52. The Morgan fingerprint density at radius 1 is 1.50 bits per heavy atom. The Bertz CT molecular complexity index is 486. The number of carbonyl (C=O) groups is 2. The SMILES string of the molecule is O=C(O)CNC(=O)C1CC1c1c(F)cccc1Cl. The lowest BCUT2D eigenvalue weighted by Gasteiger charge is -2.05. The molecular formula is C12H11ClFNO3. The lowest BCUT2D eigenvalue weighted by Crippen LogP contribution is -2.30. The molecule has 6 heteroatoms. The first-order chi connectivity index (χ1) is 8.50. The van der Waals surface area contributed by atoms with E-state index in [1.165, 1.54) is 12.1 Å². The van der Waals surface area contributed by atoms with Crippen molar-refractivity contribution in [3.8, 4) is 0 Å². The first kappa shape index (κ1) is 12.8. The molecule has 0 radical (unpaired) electrons. The summed E-state index contributed by atoms with van der Waals surface area (Å²) in [5, 5.41) is 11.0. The van der Waals surface area contributed by atoms with Gasteiger partial charge < -0.3 is 10.4 Å². The zero-order valence-electron chi connectivity index (χ0n) is 9.32. The molecular weight excluding hydrogens is 261 g/mol. The van der Waals surface area contributed by atoms with Gasteiger partial charge in [-0.2, -0.15) is 0 Å². The van der Waals surface area contributed by atoms with Crippen molar-refractivity contribution < 1.29 is 19.1 Å². The number of hydrogen-bond acceptors (Lipinski definition) is 2. The number of benzene rings is 1. The van der Waals surface area contributed by atoms with Crippen LogP contribution in [-0.4, -0.2) is 23.5 Å². The van der Waals surface area contributed by atoms with E-state index in [0.29, 0.717) is 17.0 Å². The quantitative estimate of drug-likeness (QED) is 0.877. The van der Waals surface area contributed by atoms with E-state index in [9.17, 15) is 14.0 Å². The van der Waals surface area contributed by atoms with Gasteiger partial charge in [-0.05, 0) is 18.6 Å². The van der Waals surface area contributed by atoms with Crippen LogP contribution >= 0.6 is 11.6 Å². The largest absolute Gasteiger partial charge is 0.480 e. The van der Waals surface area contributed by atoms with E-state index in [2.05, 4.69) is 5.32 Å². The van der Waals surface area contributed by atoms with E-state index in [1.54, 1.807) is 6.07 Å². The molecule has 1 saturated carbocycles. The minimum absolute atomic E-state index is 0.257. The van der Waals surface area contributed by atoms with Gasteiger partial charge in [-0.3, -0.25) is 9.59 Å². The fourth-order valence-electron chi connectivity index (χ4n) is 1.96. The molecule has 4 nitrogen and oxygen atoms in total. The summed E-state index contributed by atoms with van der Waals surface area (Å²) in [6.45, 7) is -0.424. The maximum absolute atomic E-state index is 13.6. The highest BCUT2D eigenvalue weighted by molar-refractivity contribution is 6.31. The lowest BCUT2D eigenvalue weighted by molar-refractivity contribution is -0.138. The predicted molar refractivity (Wildman–Crippen MR) is 62.9 cm³/mol. The van der Waals surface area contributed by atoms with Gasteiger partial charge in [0.2, 0.25) is 5.91 Å². The molecule has 1 aliphatic carbocycles. The van der Waals surface area contributed by atoms with Crippen molar-refractivity contribution in [1.29, 1.82) is 0 Å². The van der Waals surface area contributed by atoms with Crippen molar-refractivity contribution in [2.45, 2.75) is 12.3 Å². The monoisotopic (exact) mass is 271 g/mol. The molecule has 2 rings (SSSR count). The van der Waals surface area contributed by atoms with Gasteiger partial charge in [-0.15, -0.1) is 0 Å². The predicted octanol–water partition coefficient (Wildman–Crippen LogP) is 1.78. The maximum Gasteiger partial charge on any atom is 0.322 e. The molecule has 1 fully saturated rings. The van der Waals surface area contributed by atoms with Gasteiger partial charge in [0.1, 0.15) is 12.4 Å². The van der Waals surface area contributed by atoms with Gasteiger partial charge in [-0.25, -0.2) is 4.39 Å². The second kappa shape index (κ2) is 4.94. The Labute approximate surface area is 108 Å². The highest BCUT2D eigenvalue weighted by Crippen LogP contribution is 2.50. The van der Waals surface area contributed by atoms with E-state index in [1.807, 2.05) is 0 Å². The molecule has 0 aromatic heterocycles. The van der Waals surface area contributed by atoms with Crippen LogP contribution in [0.25, 0.3) is 0 Å². The van der Waals surface area contributed by atoms with Crippen molar-refractivity contribution in [2.24, 2.45) is 5.92 Å². The Hall–Kier alpha value is -1.62. The van der Waals surface area contributed by atoms with Crippen LogP contribution in [0.4, 0.5) is 4.39 Å². The van der Waals surface area contributed by atoms with Gasteiger partial charge in [0.25, 0.3) is 0 Å². The van der Waals surface area contributed by atoms with Gasteiger partial charge >= 0.3 is 5.97 Å². The van der Waals surface area contributed by atoms with Crippen molar-refractivity contribution in [3.63, 3.8) is 0 Å². The third-order valence-electron chi connectivity index (χ3n) is 2.91. The van der Waals surface area contributed by atoms with Crippen LogP contribution in [0, 0.1) is 11.7 Å². The van der Waals surface area contributed by atoms with Crippen LogP contribution in [-0.2, 0) is 9.59 Å². The van der Waals surface area contributed by atoms with E-state index in [0.717, 1.165) is 0 Å². The van der Waals surface area contributed by atoms with E-state index in [-0.39, 0.29) is 11.8 Å². The van der Waals surface area contributed by atoms with Crippen LogP contribution in [0.2, 0.25) is 5.02 Å². The minimum Gasteiger partial charge on any atom is -0.480 e. The first-order valence-electron chi connectivity index (χ1n) is 5.44. The zero-order chi connectivity index (χ0) is 13.3. The zero-order valence-corrected chi connectivity index (χ0v) is 10.1. The fourth-order valence-corrected chi connectivity index (χ4v) is 2.27. The fraction of sp³-hybridized carbons (Fsp3) is 0.333. The molecule has 18 heavy (non-hydrogen) atoms. The van der Waals surface area contributed by atoms with Gasteiger partial charge in [0.05, 0.1) is 0 Å². The average molecular weight is 272 g/mol. The second-order valence-electron chi connectivity index (χ2n) is 4.20. The normalized spacial score (nSPS) is 21.4. The highest BCUT2D eigenvalue weighted by Gasteiger charge is 2.46. The number of nitrogens with one attached hydrogen (secondary N) is 1. The number of halogens is 2. The molecule has 1 aromatic rings. The third-order valence-corrected chi connectivity index (χ3v) is 3.24. The van der Waals surface area contributed by atoms with Crippen molar-refractivity contribution in [1.82, 2.24) is 5.32 Å². The molecule has 2 atom stereocenters. The Balaban J connectivity index is 2.03. The summed E-state index contributed by atoms with van der Waals surface area (Å²) in [6.07, 6.45) is 0.492. The van der Waals surface area contributed by atoms with Gasteiger partial charge in [0.15, 0.2) is 0 Å². The standard InChI is InChI=1S/C12H11ClFNO3/c13-8-2-1-3-9(14)11(8)6-4-7(6)12(18)15-5-10(16)17/h1-3,6-7H,4-5H2,(H,15,18)(H,16,17). The number of carbonyl (C=O) groups excluding carboxylic acids is 1. The molecule has 0 saturated heterocycles. The molecule has 0 heterocycles. The third kappa shape index (κ3) is 2.61. The van der Waals surface area contributed by atoms with Crippen LogP contribution < -0.4 is 5.32 Å². The minimum atomic E-state index is -1.11. The molecule has 0 spiro atoms. The number of rotatable bonds is 4. The molecule has 0 aliphatic heterocycles. The van der Waals surface area contributed by atoms with Crippen molar-refractivity contribution in [3.05, 3.63) is 34.6 Å². The summed E-state index contributed by atoms with van der Waals surface area (Å²) in [6, 6.07) is 4.37. The summed E-state index contributed by atoms with van der Waals surface area (Å²) >= 11 is 5.90. The van der Waals surface area contributed by atoms with Crippen LogP contribution in [0.5, 0.6) is 0 Å². The summed E-state index contributed by atoms with van der Waals surface area (Å²) < 4.78 is 13.6. The van der Waals surface area contributed by atoms with E-state index in [4.69, 9.17) is 16.7 Å².